The van der Waals surface area contributed by atoms with Gasteiger partial charge in [-0.1, -0.05) is 37.3 Å². The molecule has 1 aromatic rings. The summed E-state index contributed by atoms with van der Waals surface area (Å²) in [5.41, 5.74) is 5.85. The average molecular weight is 286 g/mol. The maximum absolute atomic E-state index is 4.24. The summed E-state index contributed by atoms with van der Waals surface area (Å²) in [6.07, 6.45) is 6.08. The molecule has 0 bridgehead atoms. The van der Waals surface area contributed by atoms with E-state index in [9.17, 15) is 0 Å². The topological polar surface area (TPSA) is 24.1 Å². The minimum atomic E-state index is 0.409. The Balaban J connectivity index is 1.98. The molecule has 2 N–H and O–H groups in total. The fourth-order valence-corrected chi connectivity index (χ4v) is 2.92. The van der Waals surface area contributed by atoms with Crippen molar-refractivity contribution in [3.8, 4) is 0 Å². The van der Waals surface area contributed by atoms with Gasteiger partial charge in [-0.2, -0.15) is 0 Å². The number of aryl methyl sites for hydroxylation is 2. The van der Waals surface area contributed by atoms with Crippen molar-refractivity contribution in [3.63, 3.8) is 0 Å². The lowest BCUT2D eigenvalue weighted by Gasteiger charge is -2.19. The maximum Gasteiger partial charge on any atom is 0.0186 e. The van der Waals surface area contributed by atoms with Crippen LogP contribution in [0.15, 0.2) is 24.8 Å². The van der Waals surface area contributed by atoms with Crippen molar-refractivity contribution in [3.05, 3.63) is 41.5 Å². The maximum atomic E-state index is 4.24. The standard InChI is InChI=1S/C19H30N2/c1-5-16(3)18-14-15(2)6-7-17(18)8-9-19(10-11-19)21-13-12-20-4/h6-7,14,20-21H,3,5,8-13H2,1-2,4H3. The largest absolute Gasteiger partial charge is 0.318 e. The number of rotatable bonds is 9. The first-order valence-electron chi connectivity index (χ1n) is 8.27. The lowest BCUT2D eigenvalue weighted by molar-refractivity contribution is 0.463. The Kier molecular flexibility index (Phi) is 5.60. The Morgan fingerprint density at radius 3 is 2.67 bits per heavy atom. The first-order valence-corrected chi connectivity index (χ1v) is 8.27. The van der Waals surface area contributed by atoms with E-state index in [0.717, 1.165) is 25.9 Å². The van der Waals surface area contributed by atoms with Crippen molar-refractivity contribution in [1.82, 2.24) is 10.6 Å². The second-order valence-corrected chi connectivity index (χ2v) is 6.43. The quantitative estimate of drug-likeness (QED) is 0.677. The molecule has 0 aliphatic heterocycles. The summed E-state index contributed by atoms with van der Waals surface area (Å²) in [6, 6.07) is 6.83. The summed E-state index contributed by atoms with van der Waals surface area (Å²) in [6.45, 7) is 10.7. The Morgan fingerprint density at radius 2 is 2.05 bits per heavy atom. The highest BCUT2D eigenvalue weighted by Gasteiger charge is 2.41. The molecular weight excluding hydrogens is 256 g/mol. The average Bonchev–Trinajstić information content (AvgIpc) is 3.26. The van der Waals surface area contributed by atoms with Gasteiger partial charge in [0, 0.05) is 18.6 Å². The van der Waals surface area contributed by atoms with Crippen LogP contribution in [0.4, 0.5) is 0 Å². The summed E-state index contributed by atoms with van der Waals surface area (Å²) in [5.74, 6) is 0. The number of benzene rings is 1. The van der Waals surface area contributed by atoms with Crippen LogP contribution < -0.4 is 10.6 Å². The van der Waals surface area contributed by atoms with E-state index in [0.29, 0.717) is 5.54 Å². The number of hydrogen-bond acceptors (Lipinski definition) is 2. The fourth-order valence-electron chi connectivity index (χ4n) is 2.92. The fraction of sp³-hybridized carbons (Fsp3) is 0.579. The normalized spacial score (nSPS) is 16.0. The molecular formula is C19H30N2. The van der Waals surface area contributed by atoms with E-state index in [-0.39, 0.29) is 0 Å². The molecule has 0 radical (unpaired) electrons. The summed E-state index contributed by atoms with van der Waals surface area (Å²) in [7, 11) is 2.01. The van der Waals surface area contributed by atoms with Gasteiger partial charge in [0.25, 0.3) is 0 Å². The Bertz CT molecular complexity index is 486. The zero-order valence-corrected chi connectivity index (χ0v) is 13.9. The van der Waals surface area contributed by atoms with Crippen LogP contribution in [0.1, 0.15) is 49.3 Å². The second kappa shape index (κ2) is 7.24. The minimum Gasteiger partial charge on any atom is -0.318 e. The van der Waals surface area contributed by atoms with Crippen molar-refractivity contribution in [1.29, 1.82) is 0 Å². The molecule has 0 spiro atoms. The summed E-state index contributed by atoms with van der Waals surface area (Å²) in [4.78, 5) is 0. The molecule has 2 rings (SSSR count). The molecule has 21 heavy (non-hydrogen) atoms. The summed E-state index contributed by atoms with van der Waals surface area (Å²) in [5, 5.41) is 6.94. The molecule has 0 amide bonds. The SMILES string of the molecule is C=C(CC)c1cc(C)ccc1CCC1(NCCNC)CC1. The number of nitrogens with one attached hydrogen (secondary N) is 2. The predicted octanol–water partition coefficient (Wildman–Crippen LogP) is 3.69. The van der Waals surface area contributed by atoms with Gasteiger partial charge in [0.1, 0.15) is 0 Å². The van der Waals surface area contributed by atoms with Crippen LogP contribution in [0.2, 0.25) is 0 Å². The molecule has 2 nitrogen and oxygen atoms in total. The van der Waals surface area contributed by atoms with Gasteiger partial charge in [-0.15, -0.1) is 0 Å². The predicted molar refractivity (Wildman–Crippen MR) is 92.7 cm³/mol. The zero-order valence-electron chi connectivity index (χ0n) is 13.9. The van der Waals surface area contributed by atoms with E-state index in [2.05, 4.69) is 49.3 Å². The molecule has 1 aromatic carbocycles. The van der Waals surface area contributed by atoms with Crippen LogP contribution in [0.5, 0.6) is 0 Å². The third-order valence-corrected chi connectivity index (χ3v) is 4.67. The van der Waals surface area contributed by atoms with Gasteiger partial charge in [0.15, 0.2) is 0 Å². The first-order chi connectivity index (χ1) is 10.1. The van der Waals surface area contributed by atoms with E-state index in [1.54, 1.807) is 0 Å². The van der Waals surface area contributed by atoms with Crippen LogP contribution in [-0.2, 0) is 6.42 Å². The molecule has 0 unspecified atom stereocenters. The number of likely N-dealkylation sites (N-methyl/N-ethyl adjacent to an activating group) is 1. The van der Waals surface area contributed by atoms with E-state index in [4.69, 9.17) is 0 Å². The van der Waals surface area contributed by atoms with Crippen LogP contribution in [0, 0.1) is 6.92 Å². The zero-order chi connectivity index (χ0) is 15.3. The van der Waals surface area contributed by atoms with Gasteiger partial charge in [-0.25, -0.2) is 0 Å². The van der Waals surface area contributed by atoms with Crippen molar-refractivity contribution in [2.75, 3.05) is 20.1 Å². The molecule has 2 heteroatoms. The number of allylic oxidation sites excluding steroid dienone is 1. The van der Waals surface area contributed by atoms with E-state index < -0.39 is 0 Å². The highest BCUT2D eigenvalue weighted by molar-refractivity contribution is 5.66. The van der Waals surface area contributed by atoms with Crippen LogP contribution in [0.3, 0.4) is 0 Å². The van der Waals surface area contributed by atoms with Crippen molar-refractivity contribution in [2.45, 2.75) is 51.5 Å². The third-order valence-electron chi connectivity index (χ3n) is 4.67. The van der Waals surface area contributed by atoms with Gasteiger partial charge in [-0.05, 0) is 62.8 Å². The highest BCUT2D eigenvalue weighted by atomic mass is 15.0. The molecule has 1 saturated carbocycles. The van der Waals surface area contributed by atoms with Crippen LogP contribution >= 0.6 is 0 Å². The minimum absolute atomic E-state index is 0.409. The molecule has 0 heterocycles. The monoisotopic (exact) mass is 286 g/mol. The van der Waals surface area contributed by atoms with Gasteiger partial charge in [0.05, 0.1) is 0 Å². The molecule has 0 atom stereocenters. The molecule has 116 valence electrons. The molecule has 1 aliphatic rings. The van der Waals surface area contributed by atoms with E-state index in [1.165, 1.54) is 41.5 Å². The van der Waals surface area contributed by atoms with E-state index in [1.807, 2.05) is 7.05 Å². The molecule has 1 fully saturated rings. The molecule has 0 aromatic heterocycles. The lowest BCUT2D eigenvalue weighted by atomic mass is 9.92. The van der Waals surface area contributed by atoms with Crippen molar-refractivity contribution in [2.24, 2.45) is 0 Å². The molecule has 0 saturated heterocycles. The van der Waals surface area contributed by atoms with E-state index >= 15 is 0 Å². The van der Waals surface area contributed by atoms with Crippen LogP contribution in [0.25, 0.3) is 5.57 Å². The van der Waals surface area contributed by atoms with Crippen LogP contribution in [-0.4, -0.2) is 25.7 Å². The number of hydrogen-bond donors (Lipinski definition) is 2. The Hall–Kier alpha value is -1.12. The van der Waals surface area contributed by atoms with Gasteiger partial charge in [0.2, 0.25) is 0 Å². The van der Waals surface area contributed by atoms with Gasteiger partial charge in [-0.3, -0.25) is 0 Å². The van der Waals surface area contributed by atoms with Gasteiger partial charge < -0.3 is 10.6 Å². The Morgan fingerprint density at radius 1 is 1.29 bits per heavy atom. The smallest absolute Gasteiger partial charge is 0.0186 e. The third kappa shape index (κ3) is 4.42. The lowest BCUT2D eigenvalue weighted by Crippen LogP contribution is -2.36. The summed E-state index contributed by atoms with van der Waals surface area (Å²) < 4.78 is 0. The molecule has 1 aliphatic carbocycles. The first kappa shape index (κ1) is 16.3. The highest BCUT2D eigenvalue weighted by Crippen LogP contribution is 2.40. The summed E-state index contributed by atoms with van der Waals surface area (Å²) >= 11 is 0. The van der Waals surface area contributed by atoms with Crippen molar-refractivity contribution < 1.29 is 0 Å². The van der Waals surface area contributed by atoms with Crippen molar-refractivity contribution >= 4 is 5.57 Å². The second-order valence-electron chi connectivity index (χ2n) is 6.43. The Labute approximate surface area is 130 Å². The van der Waals surface area contributed by atoms with Gasteiger partial charge >= 0.3 is 0 Å².